The van der Waals surface area contributed by atoms with Crippen LogP contribution in [0.2, 0.25) is 0 Å². The highest BCUT2D eigenvalue weighted by Gasteiger charge is 2.16. The van der Waals surface area contributed by atoms with Crippen LogP contribution in [0.15, 0.2) is 23.3 Å². The van der Waals surface area contributed by atoms with Gasteiger partial charge in [0.15, 0.2) is 11.5 Å². The molecular formula is C14H18N2O3. The molecule has 1 aromatic rings. The molecule has 0 saturated heterocycles. The summed E-state index contributed by atoms with van der Waals surface area (Å²) in [5.41, 5.74) is 3.98. The van der Waals surface area contributed by atoms with E-state index in [2.05, 4.69) is 24.4 Å². The Hall–Kier alpha value is -2.04. The van der Waals surface area contributed by atoms with Crippen molar-refractivity contribution in [2.45, 2.75) is 27.2 Å². The van der Waals surface area contributed by atoms with Crippen LogP contribution in [-0.4, -0.2) is 18.4 Å². The van der Waals surface area contributed by atoms with Crippen molar-refractivity contribution in [1.82, 2.24) is 5.43 Å². The van der Waals surface area contributed by atoms with E-state index in [0.29, 0.717) is 23.0 Å². The molecule has 0 aromatic heterocycles. The Morgan fingerprint density at radius 1 is 1.42 bits per heavy atom. The molecule has 1 amide bonds. The van der Waals surface area contributed by atoms with Crippen molar-refractivity contribution < 1.29 is 14.3 Å². The molecule has 0 aliphatic carbocycles. The fourth-order valence-corrected chi connectivity index (χ4v) is 1.65. The van der Waals surface area contributed by atoms with Gasteiger partial charge < -0.3 is 9.47 Å². The zero-order valence-electron chi connectivity index (χ0n) is 11.4. The minimum atomic E-state index is -0.249. The predicted octanol–water partition coefficient (Wildman–Crippen LogP) is 2.57. The molecule has 0 spiro atoms. The van der Waals surface area contributed by atoms with Gasteiger partial charge in [-0.15, -0.1) is 0 Å². The summed E-state index contributed by atoms with van der Waals surface area (Å²) in [6.07, 6.45) is 0.995. The lowest BCUT2D eigenvalue weighted by Gasteiger charge is -2.08. The molecule has 2 rings (SSSR count). The number of hydrogen-bond donors (Lipinski definition) is 1. The summed E-state index contributed by atoms with van der Waals surface area (Å²) >= 11 is 0. The number of nitrogens with one attached hydrogen (secondary N) is 1. The molecule has 5 nitrogen and oxygen atoms in total. The van der Waals surface area contributed by atoms with E-state index >= 15 is 0 Å². The van der Waals surface area contributed by atoms with E-state index in [1.54, 1.807) is 18.2 Å². The third-order valence-corrected chi connectivity index (χ3v) is 3.29. The normalized spacial score (nSPS) is 15.2. The Balaban J connectivity index is 2.04. The molecule has 1 N–H and O–H groups in total. The van der Waals surface area contributed by atoms with Crippen LogP contribution in [0.4, 0.5) is 0 Å². The number of carbonyl (C=O) groups is 1. The number of benzene rings is 1. The van der Waals surface area contributed by atoms with Gasteiger partial charge >= 0.3 is 0 Å². The van der Waals surface area contributed by atoms with Gasteiger partial charge in [0.25, 0.3) is 5.91 Å². The number of hydrogen-bond acceptors (Lipinski definition) is 4. The first-order valence-corrected chi connectivity index (χ1v) is 6.36. The molecule has 1 aliphatic rings. The highest BCUT2D eigenvalue weighted by atomic mass is 16.7. The zero-order chi connectivity index (χ0) is 13.8. The summed E-state index contributed by atoms with van der Waals surface area (Å²) in [7, 11) is 0. The minimum absolute atomic E-state index is 0.200. The van der Waals surface area contributed by atoms with Gasteiger partial charge in [0.05, 0.1) is 0 Å². The van der Waals surface area contributed by atoms with Crippen molar-refractivity contribution in [2.24, 2.45) is 11.0 Å². The topological polar surface area (TPSA) is 59.9 Å². The molecule has 0 bridgehead atoms. The third kappa shape index (κ3) is 3.05. The van der Waals surface area contributed by atoms with Crippen LogP contribution in [0.25, 0.3) is 0 Å². The first kappa shape index (κ1) is 13.4. The fraction of sp³-hybridized carbons (Fsp3) is 0.429. The third-order valence-electron chi connectivity index (χ3n) is 3.29. The van der Waals surface area contributed by atoms with Crippen molar-refractivity contribution in [3.8, 4) is 11.5 Å². The van der Waals surface area contributed by atoms with Gasteiger partial charge in [-0.05, 0) is 37.5 Å². The smallest absolute Gasteiger partial charge is 0.271 e. The summed E-state index contributed by atoms with van der Waals surface area (Å²) in [4.78, 5) is 11.9. The van der Waals surface area contributed by atoms with Crippen LogP contribution < -0.4 is 14.9 Å². The lowest BCUT2D eigenvalue weighted by molar-refractivity contribution is 0.0954. The Kier molecular flexibility index (Phi) is 4.04. The molecule has 102 valence electrons. The second-order valence-corrected chi connectivity index (χ2v) is 4.57. The number of nitrogens with zero attached hydrogens (tertiary/aromatic N) is 1. The largest absolute Gasteiger partial charge is 0.454 e. The zero-order valence-corrected chi connectivity index (χ0v) is 11.4. The Morgan fingerprint density at radius 2 is 2.16 bits per heavy atom. The molecule has 0 radical (unpaired) electrons. The van der Waals surface area contributed by atoms with Crippen molar-refractivity contribution in [1.29, 1.82) is 0 Å². The van der Waals surface area contributed by atoms with Crippen LogP contribution in [0.3, 0.4) is 0 Å². The molecule has 1 aliphatic heterocycles. The standard InChI is InChI=1S/C14H18N2O3/c1-4-9(2)10(3)15-16-14(17)11-5-6-12-13(7-11)19-8-18-12/h5-7,9H,4,8H2,1-3H3,(H,16,17)/b15-10-/t9-/m1/s1. The van der Waals surface area contributed by atoms with Gasteiger partial charge in [-0.3, -0.25) is 4.79 Å². The first-order chi connectivity index (χ1) is 9.11. The molecule has 1 atom stereocenters. The van der Waals surface area contributed by atoms with E-state index in [0.717, 1.165) is 12.1 Å². The van der Waals surface area contributed by atoms with Gasteiger partial charge in [0.1, 0.15) is 0 Å². The van der Waals surface area contributed by atoms with Gasteiger partial charge in [-0.1, -0.05) is 13.8 Å². The Labute approximate surface area is 112 Å². The maximum Gasteiger partial charge on any atom is 0.271 e. The van der Waals surface area contributed by atoms with E-state index in [-0.39, 0.29) is 12.7 Å². The molecule has 0 saturated carbocycles. The number of rotatable bonds is 4. The molecule has 1 heterocycles. The Bertz CT molecular complexity index is 511. The van der Waals surface area contributed by atoms with Crippen LogP contribution in [0, 0.1) is 5.92 Å². The molecule has 0 fully saturated rings. The van der Waals surface area contributed by atoms with E-state index in [9.17, 15) is 4.79 Å². The first-order valence-electron chi connectivity index (χ1n) is 6.36. The van der Waals surface area contributed by atoms with Gasteiger partial charge in [0, 0.05) is 11.3 Å². The summed E-state index contributed by atoms with van der Waals surface area (Å²) < 4.78 is 10.4. The average Bonchev–Trinajstić information content (AvgIpc) is 2.90. The maximum atomic E-state index is 11.9. The molecular weight excluding hydrogens is 244 g/mol. The van der Waals surface area contributed by atoms with E-state index in [4.69, 9.17) is 9.47 Å². The van der Waals surface area contributed by atoms with Gasteiger partial charge in [-0.25, -0.2) is 5.43 Å². The van der Waals surface area contributed by atoms with Crippen molar-refractivity contribution in [3.63, 3.8) is 0 Å². The Morgan fingerprint density at radius 3 is 2.89 bits per heavy atom. The lowest BCUT2D eigenvalue weighted by Crippen LogP contribution is -2.20. The molecule has 0 unspecified atom stereocenters. The van der Waals surface area contributed by atoms with Crippen LogP contribution >= 0.6 is 0 Å². The highest BCUT2D eigenvalue weighted by Crippen LogP contribution is 2.32. The number of ether oxygens (including phenoxy) is 2. The molecule has 1 aromatic carbocycles. The second-order valence-electron chi connectivity index (χ2n) is 4.57. The predicted molar refractivity (Wildman–Crippen MR) is 72.6 cm³/mol. The van der Waals surface area contributed by atoms with Crippen LogP contribution in [0.5, 0.6) is 11.5 Å². The number of hydrazone groups is 1. The van der Waals surface area contributed by atoms with E-state index in [1.807, 2.05) is 6.92 Å². The van der Waals surface area contributed by atoms with Crippen LogP contribution in [-0.2, 0) is 0 Å². The van der Waals surface area contributed by atoms with Crippen molar-refractivity contribution in [2.75, 3.05) is 6.79 Å². The summed E-state index contributed by atoms with van der Waals surface area (Å²) in [5, 5.41) is 4.11. The summed E-state index contributed by atoms with van der Waals surface area (Å²) in [6, 6.07) is 5.07. The van der Waals surface area contributed by atoms with Crippen LogP contribution in [0.1, 0.15) is 37.6 Å². The van der Waals surface area contributed by atoms with Crippen molar-refractivity contribution in [3.05, 3.63) is 23.8 Å². The summed E-state index contributed by atoms with van der Waals surface area (Å²) in [5.74, 6) is 1.36. The van der Waals surface area contributed by atoms with Crippen molar-refractivity contribution >= 4 is 11.6 Å². The number of fused-ring (bicyclic) bond motifs is 1. The monoisotopic (exact) mass is 262 g/mol. The van der Waals surface area contributed by atoms with Gasteiger partial charge in [-0.2, -0.15) is 5.10 Å². The maximum absolute atomic E-state index is 11.9. The highest BCUT2D eigenvalue weighted by molar-refractivity contribution is 5.96. The number of amides is 1. The summed E-state index contributed by atoms with van der Waals surface area (Å²) in [6.45, 7) is 6.27. The fourth-order valence-electron chi connectivity index (χ4n) is 1.65. The quantitative estimate of drug-likeness (QED) is 0.670. The SMILES string of the molecule is CC[C@@H](C)/C(C)=N\NC(=O)c1ccc2c(c1)OCO2. The number of carbonyl (C=O) groups excluding carboxylic acids is 1. The minimum Gasteiger partial charge on any atom is -0.454 e. The molecule has 5 heteroatoms. The lowest BCUT2D eigenvalue weighted by atomic mass is 10.1. The van der Waals surface area contributed by atoms with Gasteiger partial charge in [0.2, 0.25) is 6.79 Å². The van der Waals surface area contributed by atoms with E-state index < -0.39 is 0 Å². The molecule has 19 heavy (non-hydrogen) atoms. The second kappa shape index (κ2) is 5.73. The average molecular weight is 262 g/mol. The van der Waals surface area contributed by atoms with E-state index in [1.165, 1.54) is 0 Å².